The van der Waals surface area contributed by atoms with Gasteiger partial charge >= 0.3 is 6.36 Å². The number of halogens is 3. The summed E-state index contributed by atoms with van der Waals surface area (Å²) in [6.07, 6.45) is -4.65. The molecule has 0 aliphatic heterocycles. The Morgan fingerprint density at radius 2 is 1.61 bits per heavy atom. The van der Waals surface area contributed by atoms with Crippen LogP contribution in [0.4, 0.5) is 13.2 Å². The van der Waals surface area contributed by atoms with Crippen LogP contribution in [0.2, 0.25) is 0 Å². The zero-order valence-electron chi connectivity index (χ0n) is 8.99. The molecule has 0 amide bonds. The van der Waals surface area contributed by atoms with Gasteiger partial charge in [-0.15, -0.1) is 24.5 Å². The van der Waals surface area contributed by atoms with Gasteiger partial charge in [0.15, 0.2) is 0 Å². The smallest absolute Gasteiger partial charge is 0.406 e. The average Bonchev–Trinajstić information content (AvgIpc) is 2.64. The second-order valence-corrected chi connectivity index (χ2v) is 4.89. The molecule has 0 saturated heterocycles. The SMILES string of the molecule is FC(F)(F)Oc1ccc2c(c1)sc1ccccc12. The molecule has 1 heterocycles. The first-order chi connectivity index (χ1) is 8.53. The lowest BCUT2D eigenvalue weighted by Crippen LogP contribution is -2.16. The Morgan fingerprint density at radius 1 is 0.889 bits per heavy atom. The number of benzene rings is 2. The molecule has 0 fully saturated rings. The van der Waals surface area contributed by atoms with E-state index in [4.69, 9.17) is 0 Å². The van der Waals surface area contributed by atoms with Crippen LogP contribution in [-0.4, -0.2) is 6.36 Å². The Kier molecular flexibility index (Phi) is 2.45. The van der Waals surface area contributed by atoms with Crippen molar-refractivity contribution in [2.24, 2.45) is 0 Å². The number of hydrogen-bond acceptors (Lipinski definition) is 2. The van der Waals surface area contributed by atoms with Crippen LogP contribution in [0.3, 0.4) is 0 Å². The van der Waals surface area contributed by atoms with E-state index in [-0.39, 0.29) is 5.75 Å². The van der Waals surface area contributed by atoms with Gasteiger partial charge in [0.05, 0.1) is 0 Å². The Morgan fingerprint density at radius 3 is 2.39 bits per heavy atom. The maximum absolute atomic E-state index is 12.1. The summed E-state index contributed by atoms with van der Waals surface area (Å²) in [7, 11) is 0. The predicted octanol–water partition coefficient (Wildman–Crippen LogP) is 4.95. The fourth-order valence-electron chi connectivity index (χ4n) is 1.90. The molecular formula is C13H7F3OS. The van der Waals surface area contributed by atoms with E-state index in [1.165, 1.54) is 23.5 Å². The lowest BCUT2D eigenvalue weighted by molar-refractivity contribution is -0.274. The van der Waals surface area contributed by atoms with Crippen LogP contribution in [0.5, 0.6) is 5.75 Å². The van der Waals surface area contributed by atoms with Crippen LogP contribution in [0, 0.1) is 0 Å². The van der Waals surface area contributed by atoms with Crippen molar-refractivity contribution in [3.05, 3.63) is 42.5 Å². The van der Waals surface area contributed by atoms with E-state index in [2.05, 4.69) is 4.74 Å². The van der Waals surface area contributed by atoms with Gasteiger partial charge in [-0.1, -0.05) is 18.2 Å². The van der Waals surface area contributed by atoms with Crippen molar-refractivity contribution in [2.75, 3.05) is 0 Å². The second-order valence-electron chi connectivity index (χ2n) is 3.80. The monoisotopic (exact) mass is 268 g/mol. The molecule has 3 rings (SSSR count). The van der Waals surface area contributed by atoms with Gasteiger partial charge in [-0.25, -0.2) is 0 Å². The zero-order chi connectivity index (χ0) is 12.8. The first-order valence-corrected chi connectivity index (χ1v) is 6.02. The number of alkyl halides is 3. The van der Waals surface area contributed by atoms with E-state index in [1.807, 2.05) is 24.3 Å². The Balaban J connectivity index is 2.15. The summed E-state index contributed by atoms with van der Waals surface area (Å²) in [6.45, 7) is 0. The molecule has 1 nitrogen and oxygen atoms in total. The van der Waals surface area contributed by atoms with Crippen LogP contribution >= 0.6 is 11.3 Å². The molecule has 0 aliphatic carbocycles. The van der Waals surface area contributed by atoms with Crippen molar-refractivity contribution in [3.8, 4) is 5.75 Å². The van der Waals surface area contributed by atoms with Crippen LogP contribution in [-0.2, 0) is 0 Å². The Labute approximate surface area is 104 Å². The van der Waals surface area contributed by atoms with Gasteiger partial charge in [-0.3, -0.25) is 0 Å². The van der Waals surface area contributed by atoms with Crippen molar-refractivity contribution in [2.45, 2.75) is 6.36 Å². The van der Waals surface area contributed by atoms with E-state index in [9.17, 15) is 13.2 Å². The minimum Gasteiger partial charge on any atom is -0.406 e. The third-order valence-corrected chi connectivity index (χ3v) is 3.72. The van der Waals surface area contributed by atoms with Crippen LogP contribution in [0.25, 0.3) is 20.2 Å². The molecule has 0 N–H and O–H groups in total. The third kappa shape index (κ3) is 2.01. The molecule has 0 unspecified atom stereocenters. The fourth-order valence-corrected chi connectivity index (χ4v) is 3.04. The fraction of sp³-hybridized carbons (Fsp3) is 0.0769. The number of rotatable bonds is 1. The minimum atomic E-state index is -4.65. The number of hydrogen-bond donors (Lipinski definition) is 0. The topological polar surface area (TPSA) is 9.23 Å². The summed E-state index contributed by atoms with van der Waals surface area (Å²) in [5, 5.41) is 2.00. The van der Waals surface area contributed by atoms with Crippen LogP contribution in [0.15, 0.2) is 42.5 Å². The summed E-state index contributed by atoms with van der Waals surface area (Å²) in [5.41, 5.74) is 0. The Bertz CT molecular complexity index is 715. The lowest BCUT2D eigenvalue weighted by atomic mass is 10.1. The highest BCUT2D eigenvalue weighted by Gasteiger charge is 2.31. The molecule has 0 radical (unpaired) electrons. The van der Waals surface area contributed by atoms with Crippen molar-refractivity contribution in [1.29, 1.82) is 0 Å². The van der Waals surface area contributed by atoms with Gasteiger partial charge in [0.1, 0.15) is 5.75 Å². The summed E-state index contributed by atoms with van der Waals surface area (Å²) in [6, 6.07) is 12.2. The molecule has 18 heavy (non-hydrogen) atoms. The van der Waals surface area contributed by atoms with Crippen molar-refractivity contribution in [1.82, 2.24) is 0 Å². The lowest BCUT2D eigenvalue weighted by Gasteiger charge is -2.08. The standard InChI is InChI=1S/C13H7F3OS/c14-13(15,16)17-8-5-6-10-9-3-1-2-4-11(9)18-12(10)7-8/h1-7H. The summed E-state index contributed by atoms with van der Waals surface area (Å²) in [4.78, 5) is 0. The average molecular weight is 268 g/mol. The molecule has 1 aromatic heterocycles. The maximum Gasteiger partial charge on any atom is 0.573 e. The van der Waals surface area contributed by atoms with Crippen LogP contribution in [0.1, 0.15) is 0 Å². The Hall–Kier alpha value is -1.75. The van der Waals surface area contributed by atoms with Crippen molar-refractivity contribution < 1.29 is 17.9 Å². The summed E-state index contributed by atoms with van der Waals surface area (Å²) in [5.74, 6) is -0.179. The summed E-state index contributed by atoms with van der Waals surface area (Å²) < 4.78 is 42.1. The van der Waals surface area contributed by atoms with Crippen molar-refractivity contribution >= 4 is 31.5 Å². The number of thiophene rings is 1. The van der Waals surface area contributed by atoms with Gasteiger partial charge in [-0.05, 0) is 24.3 Å². The first-order valence-electron chi connectivity index (χ1n) is 5.20. The van der Waals surface area contributed by atoms with Gasteiger partial charge in [0.2, 0.25) is 0 Å². The maximum atomic E-state index is 12.1. The molecule has 0 spiro atoms. The molecular weight excluding hydrogens is 261 g/mol. The normalized spacial score (nSPS) is 12.2. The number of fused-ring (bicyclic) bond motifs is 3. The zero-order valence-corrected chi connectivity index (χ0v) is 9.81. The molecule has 0 atom stereocenters. The van der Waals surface area contributed by atoms with Gasteiger partial charge < -0.3 is 4.74 Å². The third-order valence-electron chi connectivity index (χ3n) is 2.58. The summed E-state index contributed by atoms with van der Waals surface area (Å²) >= 11 is 1.45. The van der Waals surface area contributed by atoms with Gasteiger partial charge in [-0.2, -0.15) is 0 Å². The number of ether oxygens (including phenoxy) is 1. The second kappa shape index (κ2) is 3.88. The molecule has 5 heteroatoms. The van der Waals surface area contributed by atoms with E-state index in [0.29, 0.717) is 0 Å². The first kappa shape index (κ1) is 11.3. The highest BCUT2D eigenvalue weighted by atomic mass is 32.1. The predicted molar refractivity (Wildman–Crippen MR) is 66.0 cm³/mol. The van der Waals surface area contributed by atoms with Crippen molar-refractivity contribution in [3.63, 3.8) is 0 Å². The minimum absolute atomic E-state index is 0.179. The molecule has 0 bridgehead atoms. The van der Waals surface area contributed by atoms with Gasteiger partial charge in [0.25, 0.3) is 0 Å². The largest absolute Gasteiger partial charge is 0.573 e. The highest BCUT2D eigenvalue weighted by molar-refractivity contribution is 7.25. The van der Waals surface area contributed by atoms with E-state index < -0.39 is 6.36 Å². The van der Waals surface area contributed by atoms with E-state index in [0.717, 1.165) is 20.2 Å². The quantitative estimate of drug-likeness (QED) is 0.606. The molecule has 92 valence electrons. The van der Waals surface area contributed by atoms with E-state index in [1.54, 1.807) is 6.07 Å². The van der Waals surface area contributed by atoms with E-state index >= 15 is 0 Å². The van der Waals surface area contributed by atoms with Crippen LogP contribution < -0.4 is 4.74 Å². The molecule has 3 aromatic rings. The molecule has 0 saturated carbocycles. The molecule has 2 aromatic carbocycles. The van der Waals surface area contributed by atoms with Gasteiger partial charge in [0, 0.05) is 20.2 Å². The highest BCUT2D eigenvalue weighted by Crippen LogP contribution is 2.36. The molecule has 0 aliphatic rings.